The van der Waals surface area contributed by atoms with E-state index < -0.39 is 113 Å². The zero-order chi connectivity index (χ0) is 36.2. The second kappa shape index (κ2) is 12.9. The van der Waals surface area contributed by atoms with E-state index >= 15 is 0 Å². The summed E-state index contributed by atoms with van der Waals surface area (Å²) >= 11 is 0. The van der Waals surface area contributed by atoms with Gasteiger partial charge in [-0.2, -0.15) is 0 Å². The van der Waals surface area contributed by atoms with Crippen LogP contribution in [0.2, 0.25) is 0 Å². The number of ether oxygens (including phenoxy) is 5. The maximum absolute atomic E-state index is 13.8. The Bertz CT molecular complexity index is 1550. The van der Waals surface area contributed by atoms with Gasteiger partial charge in [0.05, 0.1) is 38.8 Å². The summed E-state index contributed by atoms with van der Waals surface area (Å²) in [5.74, 6) is -9.21. The number of Topliss-reactive ketones (excluding diaryl/α,β-unsaturated/α-hetero) is 1. The van der Waals surface area contributed by atoms with Crippen molar-refractivity contribution in [3.8, 4) is 0 Å². The zero-order valence-corrected chi connectivity index (χ0v) is 27.7. The van der Waals surface area contributed by atoms with Crippen LogP contribution in [0, 0.1) is 28.6 Å². The summed E-state index contributed by atoms with van der Waals surface area (Å²) < 4.78 is 28.1. The first kappa shape index (κ1) is 36.1. The highest BCUT2D eigenvalue weighted by Crippen LogP contribution is 2.72. The molecule has 4 fully saturated rings. The summed E-state index contributed by atoms with van der Waals surface area (Å²) in [6.45, 7) is 4.86. The lowest BCUT2D eigenvalue weighted by Gasteiger charge is -2.67. The molecule has 10 atom stereocenters. The minimum Gasteiger partial charge on any atom is -0.467 e. The van der Waals surface area contributed by atoms with Crippen LogP contribution in [-0.2, 0) is 57.2 Å². The fraction of sp³-hybridized carbons (Fsp3) is 0.656. The number of allylic oxidation sites excluding steroid dienone is 3. The van der Waals surface area contributed by atoms with Gasteiger partial charge in [-0.15, -0.1) is 0 Å². The molecule has 268 valence electrons. The number of esters is 4. The number of rotatable bonds is 9. The van der Waals surface area contributed by atoms with Gasteiger partial charge < -0.3 is 50.3 Å². The number of ketones is 1. The van der Waals surface area contributed by atoms with E-state index in [1.807, 2.05) is 0 Å². The highest BCUT2D eigenvalue weighted by Gasteiger charge is 2.85. The number of methoxy groups -OCH3 is 1. The Morgan fingerprint density at radius 2 is 1.73 bits per heavy atom. The van der Waals surface area contributed by atoms with Crippen molar-refractivity contribution in [3.63, 3.8) is 0 Å². The second-order valence-electron chi connectivity index (χ2n) is 13.7. The van der Waals surface area contributed by atoms with E-state index in [-0.39, 0.29) is 31.8 Å². The van der Waals surface area contributed by atoms with Crippen molar-refractivity contribution in [2.45, 2.75) is 70.6 Å². The van der Waals surface area contributed by atoms with Gasteiger partial charge in [0, 0.05) is 23.8 Å². The number of carbonyl (C=O) groups excluding carboxylic acids is 7. The molecule has 2 heterocycles. The standard InChI is InChI=1S/C32H41N3O14/c1-13(2)6-20(39)48-24-26-31-12-46-32(26,29(44)45-5)27(42)22(41)25(31)30(4)8-16(36)23(14(3)15(30)7-17(31)47-28(24)43)49-21(40)11-35-19(38)10-34-18(37)9-33/h6,15,17,22,24-27,41-42H,7-12,33H2,1-5H3,(H,34,37)(H,35,38)/t15-,17+,22+,24+,25?,26+,27-,30-,31+,32-/m0/s1. The first-order chi connectivity index (χ1) is 23.0. The van der Waals surface area contributed by atoms with E-state index in [4.69, 9.17) is 29.4 Å². The van der Waals surface area contributed by atoms with Crippen LogP contribution < -0.4 is 16.4 Å². The number of hydrogen-bond donors (Lipinski definition) is 5. The predicted molar refractivity (Wildman–Crippen MR) is 161 cm³/mol. The van der Waals surface area contributed by atoms with Gasteiger partial charge in [0.15, 0.2) is 11.5 Å². The van der Waals surface area contributed by atoms with Gasteiger partial charge in [0.2, 0.25) is 23.5 Å². The molecule has 2 saturated heterocycles. The number of amides is 2. The quantitative estimate of drug-likeness (QED) is 0.0967. The van der Waals surface area contributed by atoms with Crippen molar-refractivity contribution in [3.05, 3.63) is 23.0 Å². The molecule has 0 aromatic heterocycles. The molecule has 5 rings (SSSR count). The fourth-order valence-electron chi connectivity index (χ4n) is 9.01. The lowest BCUT2D eigenvalue weighted by molar-refractivity contribution is -0.290. The summed E-state index contributed by atoms with van der Waals surface area (Å²) in [6.07, 6.45) is -5.61. The van der Waals surface area contributed by atoms with Gasteiger partial charge in [-0.3, -0.25) is 14.4 Å². The Morgan fingerprint density at radius 3 is 2.37 bits per heavy atom. The Labute approximate surface area is 280 Å². The summed E-state index contributed by atoms with van der Waals surface area (Å²) in [6, 6.07) is 0. The molecule has 2 saturated carbocycles. The fourth-order valence-corrected chi connectivity index (χ4v) is 9.01. The van der Waals surface area contributed by atoms with Gasteiger partial charge >= 0.3 is 23.9 Å². The Hall–Kier alpha value is -4.19. The highest BCUT2D eigenvalue weighted by atomic mass is 16.6. The molecule has 1 unspecified atom stereocenters. The topological polar surface area (TPSA) is 256 Å². The Kier molecular flexibility index (Phi) is 9.52. The highest BCUT2D eigenvalue weighted by molar-refractivity contribution is 5.98. The normalized spacial score (nSPS) is 37.1. The summed E-state index contributed by atoms with van der Waals surface area (Å²) in [4.78, 5) is 89.8. The number of nitrogens with two attached hydrogens (primary N) is 1. The first-order valence-corrected chi connectivity index (χ1v) is 15.8. The van der Waals surface area contributed by atoms with Crippen molar-refractivity contribution in [2.75, 3.05) is 33.4 Å². The number of nitrogens with one attached hydrogen (secondary N) is 2. The van der Waals surface area contributed by atoms with Crippen LogP contribution >= 0.6 is 0 Å². The average molecular weight is 692 g/mol. The summed E-state index contributed by atoms with van der Waals surface area (Å²) in [5, 5.41) is 28.1. The third-order valence-electron chi connectivity index (χ3n) is 10.7. The van der Waals surface area contributed by atoms with Gasteiger partial charge in [-0.05, 0) is 44.1 Å². The lowest BCUT2D eigenvalue weighted by Crippen LogP contribution is -2.79. The first-order valence-electron chi connectivity index (χ1n) is 15.8. The van der Waals surface area contributed by atoms with E-state index in [1.165, 1.54) is 0 Å². The van der Waals surface area contributed by atoms with Crippen LogP contribution in [0.25, 0.3) is 0 Å². The molecule has 5 aliphatic rings. The number of aliphatic hydroxyl groups is 2. The maximum atomic E-state index is 13.8. The predicted octanol–water partition coefficient (Wildman–Crippen LogP) is -2.31. The third-order valence-corrected chi connectivity index (χ3v) is 10.7. The number of aliphatic hydroxyl groups excluding tert-OH is 2. The molecule has 49 heavy (non-hydrogen) atoms. The average Bonchev–Trinajstić information content (AvgIpc) is 3.34. The molecule has 2 bridgehead atoms. The molecule has 2 amide bonds. The SMILES string of the molecule is COC(=O)[C@@]12OC[C@]34C([C@@H](O)[C@@H]1O)[C@@]1(C)CC(=O)C(OC(=O)CNC(=O)CNC(=O)CN)=C(C)[C@@H]1C[C@H]3OC(=O)[C@H](OC(=O)C=C(C)C)[C@@H]24. The lowest BCUT2D eigenvalue weighted by atomic mass is 9.38. The van der Waals surface area contributed by atoms with Gasteiger partial charge in [-0.25, -0.2) is 19.2 Å². The van der Waals surface area contributed by atoms with E-state index in [0.717, 1.165) is 13.2 Å². The van der Waals surface area contributed by atoms with Crippen molar-refractivity contribution >= 4 is 41.5 Å². The minimum atomic E-state index is -2.32. The minimum absolute atomic E-state index is 0.0328. The molecule has 0 radical (unpaired) electrons. The Balaban J connectivity index is 1.51. The summed E-state index contributed by atoms with van der Waals surface area (Å²) in [7, 11) is 1.06. The van der Waals surface area contributed by atoms with E-state index in [1.54, 1.807) is 27.7 Å². The number of carbonyl (C=O) groups is 7. The van der Waals surface area contributed by atoms with Crippen LogP contribution in [-0.4, -0.2) is 115 Å². The van der Waals surface area contributed by atoms with Gasteiger partial charge in [-0.1, -0.05) is 12.5 Å². The van der Waals surface area contributed by atoms with Crippen molar-refractivity contribution in [1.82, 2.24) is 10.6 Å². The summed E-state index contributed by atoms with van der Waals surface area (Å²) in [5.41, 5.74) is 1.12. The molecule has 0 aromatic carbocycles. The molecular formula is C32H41N3O14. The molecule has 2 aliphatic heterocycles. The van der Waals surface area contributed by atoms with E-state index in [0.29, 0.717) is 11.1 Å². The van der Waals surface area contributed by atoms with Crippen molar-refractivity contribution < 1.29 is 67.5 Å². The number of hydrogen-bond acceptors (Lipinski definition) is 15. The number of fused-ring (bicyclic) bond motifs is 2. The monoisotopic (exact) mass is 691 g/mol. The van der Waals surface area contributed by atoms with Crippen molar-refractivity contribution in [2.24, 2.45) is 34.3 Å². The maximum Gasteiger partial charge on any atom is 0.348 e. The second-order valence-corrected chi connectivity index (χ2v) is 13.7. The van der Waals surface area contributed by atoms with Crippen LogP contribution in [0.5, 0.6) is 0 Å². The van der Waals surface area contributed by atoms with E-state index in [9.17, 15) is 43.8 Å². The molecule has 1 spiro atoms. The molecule has 17 nitrogen and oxygen atoms in total. The molecule has 0 aromatic rings. The van der Waals surface area contributed by atoms with Gasteiger partial charge in [0.25, 0.3) is 0 Å². The van der Waals surface area contributed by atoms with Crippen LogP contribution in [0.3, 0.4) is 0 Å². The third kappa shape index (κ3) is 5.52. The zero-order valence-electron chi connectivity index (χ0n) is 27.7. The molecule has 17 heteroatoms. The van der Waals surface area contributed by atoms with Gasteiger partial charge in [0.1, 0.15) is 18.8 Å². The Morgan fingerprint density at radius 1 is 1.06 bits per heavy atom. The van der Waals surface area contributed by atoms with Crippen LogP contribution in [0.1, 0.15) is 40.5 Å². The largest absolute Gasteiger partial charge is 0.467 e. The molecule has 3 aliphatic carbocycles. The smallest absolute Gasteiger partial charge is 0.348 e. The van der Waals surface area contributed by atoms with Crippen LogP contribution in [0.4, 0.5) is 0 Å². The van der Waals surface area contributed by atoms with E-state index in [2.05, 4.69) is 10.6 Å². The van der Waals surface area contributed by atoms with Crippen molar-refractivity contribution in [1.29, 1.82) is 0 Å². The van der Waals surface area contributed by atoms with Crippen LogP contribution in [0.15, 0.2) is 23.0 Å². The molecular weight excluding hydrogens is 650 g/mol. The molecule has 6 N–H and O–H groups in total.